The molecule has 106 valence electrons. The minimum atomic E-state index is 0.145. The van der Waals surface area contributed by atoms with Crippen molar-refractivity contribution in [3.05, 3.63) is 42.0 Å². The third-order valence-corrected chi connectivity index (χ3v) is 3.40. The molecule has 0 saturated heterocycles. The third kappa shape index (κ3) is 3.17. The molecule has 2 aromatic carbocycles. The number of nitrogens with zero attached hydrogens (tertiary/aromatic N) is 1. The first-order chi connectivity index (χ1) is 9.42. The number of ketones is 1. The number of Topliss-reactive ketones (excluding diaryl/α,β-unsaturated/α-hetero) is 1. The van der Waals surface area contributed by atoms with Gasteiger partial charge in [-0.25, -0.2) is 0 Å². The van der Waals surface area contributed by atoms with Crippen LogP contribution in [0.1, 0.15) is 16.8 Å². The van der Waals surface area contributed by atoms with Crippen molar-refractivity contribution >= 4 is 16.6 Å². The summed E-state index contributed by atoms with van der Waals surface area (Å²) in [6, 6.07) is 11.8. The number of rotatable bonds is 5. The van der Waals surface area contributed by atoms with Gasteiger partial charge in [0.25, 0.3) is 0 Å². The minimum absolute atomic E-state index is 0.145. The zero-order valence-electron chi connectivity index (χ0n) is 12.6. The van der Waals surface area contributed by atoms with Gasteiger partial charge in [0.2, 0.25) is 0 Å². The van der Waals surface area contributed by atoms with Gasteiger partial charge in [0, 0.05) is 0 Å². The molecule has 0 spiro atoms. The van der Waals surface area contributed by atoms with Crippen LogP contribution in [0.5, 0.6) is 5.75 Å². The highest BCUT2D eigenvalue weighted by Gasteiger charge is 2.18. The van der Waals surface area contributed by atoms with E-state index >= 15 is 0 Å². The fourth-order valence-electron chi connectivity index (χ4n) is 2.27. The van der Waals surface area contributed by atoms with Crippen molar-refractivity contribution in [3.63, 3.8) is 0 Å². The first-order valence-corrected chi connectivity index (χ1v) is 6.82. The van der Waals surface area contributed by atoms with E-state index in [2.05, 4.69) is 21.1 Å². The Balaban J connectivity index is 2.43. The van der Waals surface area contributed by atoms with Crippen molar-refractivity contribution in [2.75, 3.05) is 34.8 Å². The maximum absolute atomic E-state index is 12.6. The van der Waals surface area contributed by atoms with E-state index < -0.39 is 0 Å². The van der Waals surface area contributed by atoms with Gasteiger partial charge in [0.15, 0.2) is 5.78 Å². The lowest BCUT2D eigenvalue weighted by Gasteiger charge is -2.23. The molecule has 0 heterocycles. The normalized spacial score (nSPS) is 11.6. The highest BCUT2D eigenvalue weighted by Crippen LogP contribution is 2.29. The van der Waals surface area contributed by atoms with Crippen LogP contribution in [0.4, 0.5) is 0 Å². The summed E-state index contributed by atoms with van der Waals surface area (Å²) in [7, 11) is 7.88. The van der Waals surface area contributed by atoms with Crippen molar-refractivity contribution in [1.29, 1.82) is 0 Å². The Morgan fingerprint density at radius 1 is 1.10 bits per heavy atom. The number of hydrogen-bond donors (Lipinski definition) is 0. The largest absolute Gasteiger partial charge is 0.496 e. The van der Waals surface area contributed by atoms with Crippen molar-refractivity contribution in [3.8, 4) is 5.75 Å². The van der Waals surface area contributed by atoms with Crippen LogP contribution < -0.4 is 4.74 Å². The fraction of sp³-hybridized carbons (Fsp3) is 0.353. The maximum atomic E-state index is 12.6. The predicted molar refractivity (Wildman–Crippen MR) is 82.3 cm³/mol. The van der Waals surface area contributed by atoms with Crippen LogP contribution >= 0.6 is 0 Å². The second kappa shape index (κ2) is 5.63. The number of hydrogen-bond acceptors (Lipinski definition) is 2. The molecule has 0 N–H and O–H groups in total. The second-order valence-electron chi connectivity index (χ2n) is 6.05. The quantitative estimate of drug-likeness (QED) is 0.617. The summed E-state index contributed by atoms with van der Waals surface area (Å²) in [4.78, 5) is 12.6. The standard InChI is InChI=1S/C17H22NO2/c1-18(2,3)12-11-15(19)17-14-8-6-5-7-13(14)9-10-16(17)20-4/h5-10H,11-12H2,1-4H3/q+1. The Kier molecular flexibility index (Phi) is 4.09. The number of methoxy groups -OCH3 is 1. The Hall–Kier alpha value is -1.87. The Labute approximate surface area is 120 Å². The number of carbonyl (C=O) groups is 1. The van der Waals surface area contributed by atoms with E-state index in [1.54, 1.807) is 7.11 Å². The Bertz CT molecular complexity index is 626. The van der Waals surface area contributed by atoms with Crippen LogP contribution in [-0.4, -0.2) is 45.1 Å². The highest BCUT2D eigenvalue weighted by atomic mass is 16.5. The van der Waals surface area contributed by atoms with Gasteiger partial charge < -0.3 is 9.22 Å². The van der Waals surface area contributed by atoms with E-state index in [-0.39, 0.29) is 5.78 Å². The zero-order valence-corrected chi connectivity index (χ0v) is 12.6. The average Bonchev–Trinajstić information content (AvgIpc) is 2.42. The summed E-state index contributed by atoms with van der Waals surface area (Å²) in [5, 5.41) is 2.04. The van der Waals surface area contributed by atoms with Gasteiger partial charge in [-0.05, 0) is 16.8 Å². The predicted octanol–water partition coefficient (Wildman–Crippen LogP) is 3.13. The summed E-state index contributed by atoms with van der Waals surface area (Å²) in [6.45, 7) is 0.811. The van der Waals surface area contributed by atoms with Crippen LogP contribution in [0.25, 0.3) is 10.8 Å². The summed E-state index contributed by atoms with van der Waals surface area (Å²) in [6.07, 6.45) is 0.522. The van der Waals surface area contributed by atoms with Gasteiger partial charge >= 0.3 is 0 Å². The number of benzene rings is 2. The van der Waals surface area contributed by atoms with Crippen LogP contribution in [0.2, 0.25) is 0 Å². The molecule has 0 radical (unpaired) electrons. The molecule has 3 nitrogen and oxygen atoms in total. The molecule has 20 heavy (non-hydrogen) atoms. The lowest BCUT2D eigenvalue weighted by atomic mass is 9.98. The summed E-state index contributed by atoms with van der Waals surface area (Å²) in [5.74, 6) is 0.807. The lowest BCUT2D eigenvalue weighted by molar-refractivity contribution is -0.869. The van der Waals surface area contributed by atoms with Crippen molar-refractivity contribution in [1.82, 2.24) is 0 Å². The Morgan fingerprint density at radius 2 is 1.80 bits per heavy atom. The zero-order chi connectivity index (χ0) is 14.8. The SMILES string of the molecule is COc1ccc2ccccc2c1C(=O)CC[N+](C)(C)C. The molecule has 0 fully saturated rings. The molecular weight excluding hydrogens is 250 g/mol. The van der Waals surface area contributed by atoms with E-state index in [1.165, 1.54) is 0 Å². The van der Waals surface area contributed by atoms with Crippen molar-refractivity contribution < 1.29 is 14.0 Å². The summed E-state index contributed by atoms with van der Waals surface area (Å²) >= 11 is 0. The molecular formula is C17H22NO2+. The first kappa shape index (κ1) is 14.5. The topological polar surface area (TPSA) is 26.3 Å². The number of carbonyl (C=O) groups excluding carboxylic acids is 1. The number of ether oxygens (including phenoxy) is 1. The molecule has 0 aliphatic rings. The summed E-state index contributed by atoms with van der Waals surface area (Å²) < 4.78 is 6.16. The van der Waals surface area contributed by atoms with Gasteiger partial charge in [-0.3, -0.25) is 4.79 Å². The van der Waals surface area contributed by atoms with E-state index in [1.807, 2.05) is 36.4 Å². The average molecular weight is 272 g/mol. The summed E-state index contributed by atoms with van der Waals surface area (Å²) in [5.41, 5.74) is 0.707. The van der Waals surface area contributed by atoms with Gasteiger partial charge in [-0.1, -0.05) is 30.3 Å². The van der Waals surface area contributed by atoms with E-state index in [4.69, 9.17) is 4.74 Å². The monoisotopic (exact) mass is 272 g/mol. The molecule has 2 aromatic rings. The molecule has 0 saturated carbocycles. The van der Waals surface area contributed by atoms with Crippen LogP contribution in [0.15, 0.2) is 36.4 Å². The minimum Gasteiger partial charge on any atom is -0.496 e. The smallest absolute Gasteiger partial charge is 0.172 e. The van der Waals surface area contributed by atoms with Gasteiger partial charge in [-0.2, -0.15) is 0 Å². The Morgan fingerprint density at radius 3 is 2.45 bits per heavy atom. The maximum Gasteiger partial charge on any atom is 0.172 e. The third-order valence-electron chi connectivity index (χ3n) is 3.40. The van der Waals surface area contributed by atoms with E-state index in [9.17, 15) is 4.79 Å². The first-order valence-electron chi connectivity index (χ1n) is 6.82. The molecule has 0 bridgehead atoms. The second-order valence-corrected chi connectivity index (χ2v) is 6.05. The van der Waals surface area contributed by atoms with Crippen molar-refractivity contribution in [2.24, 2.45) is 0 Å². The van der Waals surface area contributed by atoms with Crippen LogP contribution in [0.3, 0.4) is 0 Å². The molecule has 0 unspecified atom stereocenters. The van der Waals surface area contributed by atoms with E-state index in [0.717, 1.165) is 21.8 Å². The molecule has 0 aliphatic carbocycles. The van der Waals surface area contributed by atoms with Gasteiger partial charge in [-0.15, -0.1) is 0 Å². The fourth-order valence-corrected chi connectivity index (χ4v) is 2.27. The lowest BCUT2D eigenvalue weighted by Crippen LogP contribution is -2.36. The molecule has 0 aliphatic heterocycles. The highest BCUT2D eigenvalue weighted by molar-refractivity contribution is 6.10. The van der Waals surface area contributed by atoms with Crippen LogP contribution in [-0.2, 0) is 0 Å². The van der Waals surface area contributed by atoms with Crippen LogP contribution in [0, 0.1) is 0 Å². The molecule has 0 amide bonds. The van der Waals surface area contributed by atoms with Crippen molar-refractivity contribution in [2.45, 2.75) is 6.42 Å². The number of fused-ring (bicyclic) bond motifs is 1. The van der Waals surface area contributed by atoms with E-state index in [0.29, 0.717) is 17.7 Å². The molecule has 3 heteroatoms. The molecule has 0 atom stereocenters. The molecule has 2 rings (SSSR count). The van der Waals surface area contributed by atoms with Gasteiger partial charge in [0.05, 0.1) is 46.8 Å². The molecule has 0 aromatic heterocycles. The van der Waals surface area contributed by atoms with Gasteiger partial charge in [0.1, 0.15) is 5.75 Å². The number of quaternary nitrogens is 1.